The van der Waals surface area contributed by atoms with E-state index in [4.69, 9.17) is 16.7 Å². The Labute approximate surface area is 57.3 Å². The SMILES string of the molecule is N#CN/C(N)=N/C(N)=S. The maximum atomic E-state index is 7.94. The van der Waals surface area contributed by atoms with Crippen molar-refractivity contribution < 1.29 is 0 Å². The number of nitrogens with two attached hydrogens (primary N) is 2. The minimum atomic E-state index is -0.102. The average Bonchev–Trinajstić information content (AvgIpc) is 1.63. The van der Waals surface area contributed by atoms with E-state index in [1.165, 1.54) is 0 Å². The number of nitrogens with zero attached hydrogens (tertiary/aromatic N) is 2. The number of aliphatic imine (C=N–C) groups is 1. The molecular formula is C3H5N5S. The fourth-order valence-corrected chi connectivity index (χ4v) is 0.302. The highest BCUT2D eigenvalue weighted by molar-refractivity contribution is 7.80. The molecule has 0 bridgehead atoms. The van der Waals surface area contributed by atoms with Crippen LogP contribution in [0.3, 0.4) is 0 Å². The number of hydrogen-bond acceptors (Lipinski definition) is 2. The molecule has 0 saturated carbocycles. The maximum absolute atomic E-state index is 7.94. The molecule has 0 rings (SSSR count). The van der Waals surface area contributed by atoms with E-state index in [-0.39, 0.29) is 11.1 Å². The standard InChI is InChI=1S/C3H5N5S/c4-1-7-2(5)8-3(6)9/h(H5,5,6,7,8,9). The normalized spacial score (nSPS) is 9.89. The van der Waals surface area contributed by atoms with Crippen LogP contribution >= 0.6 is 12.2 Å². The first-order chi connectivity index (χ1) is 4.16. The molecule has 0 aliphatic carbocycles. The third-order valence-corrected chi connectivity index (χ3v) is 0.506. The van der Waals surface area contributed by atoms with E-state index in [9.17, 15) is 0 Å². The van der Waals surface area contributed by atoms with Crippen molar-refractivity contribution in [2.75, 3.05) is 0 Å². The zero-order valence-corrected chi connectivity index (χ0v) is 5.27. The van der Waals surface area contributed by atoms with Gasteiger partial charge in [-0.1, -0.05) is 0 Å². The Morgan fingerprint density at radius 3 is 2.56 bits per heavy atom. The summed E-state index contributed by atoms with van der Waals surface area (Å²) in [5.74, 6) is -0.0926. The van der Waals surface area contributed by atoms with Crippen molar-refractivity contribution in [2.24, 2.45) is 16.5 Å². The van der Waals surface area contributed by atoms with Gasteiger partial charge < -0.3 is 11.5 Å². The molecule has 0 radical (unpaired) electrons. The molecule has 0 atom stereocenters. The molecule has 9 heavy (non-hydrogen) atoms. The molecule has 0 heterocycles. The lowest BCUT2D eigenvalue weighted by Crippen LogP contribution is -2.29. The lowest BCUT2D eigenvalue weighted by Gasteiger charge is -1.91. The molecule has 0 spiro atoms. The van der Waals surface area contributed by atoms with E-state index in [1.54, 1.807) is 6.19 Å². The maximum Gasteiger partial charge on any atom is 0.209 e. The van der Waals surface area contributed by atoms with Crippen LogP contribution in [0.1, 0.15) is 0 Å². The van der Waals surface area contributed by atoms with Gasteiger partial charge in [-0.05, 0) is 12.2 Å². The quantitative estimate of drug-likeness (QED) is 0.127. The molecule has 0 aromatic carbocycles. The number of thiocarbonyl (C=S) groups is 1. The summed E-state index contributed by atoms with van der Waals surface area (Å²) in [7, 11) is 0. The first kappa shape index (κ1) is 7.65. The van der Waals surface area contributed by atoms with Gasteiger partial charge in [0.25, 0.3) is 0 Å². The summed E-state index contributed by atoms with van der Waals surface area (Å²) in [6, 6.07) is 0. The van der Waals surface area contributed by atoms with Crippen LogP contribution in [-0.4, -0.2) is 11.1 Å². The van der Waals surface area contributed by atoms with Crippen molar-refractivity contribution in [1.29, 1.82) is 5.26 Å². The first-order valence-corrected chi connectivity index (χ1v) is 2.36. The van der Waals surface area contributed by atoms with Crippen LogP contribution in [0.15, 0.2) is 4.99 Å². The highest BCUT2D eigenvalue weighted by atomic mass is 32.1. The second-order valence-electron chi connectivity index (χ2n) is 1.07. The Morgan fingerprint density at radius 1 is 1.67 bits per heavy atom. The Hall–Kier alpha value is -1.35. The average molecular weight is 143 g/mol. The third kappa shape index (κ3) is 4.50. The summed E-state index contributed by atoms with van der Waals surface area (Å²) in [6.45, 7) is 0. The smallest absolute Gasteiger partial charge is 0.209 e. The second kappa shape index (κ2) is 3.63. The van der Waals surface area contributed by atoms with Gasteiger partial charge in [0.05, 0.1) is 0 Å². The van der Waals surface area contributed by atoms with Crippen molar-refractivity contribution in [1.82, 2.24) is 5.32 Å². The van der Waals surface area contributed by atoms with Gasteiger partial charge >= 0.3 is 0 Å². The van der Waals surface area contributed by atoms with E-state index < -0.39 is 0 Å². The van der Waals surface area contributed by atoms with E-state index in [2.05, 4.69) is 17.2 Å². The van der Waals surface area contributed by atoms with Gasteiger partial charge in [0.1, 0.15) is 0 Å². The topological polar surface area (TPSA) is 100 Å². The Kier molecular flexibility index (Phi) is 3.08. The molecule has 0 aromatic heterocycles. The van der Waals surface area contributed by atoms with Crippen LogP contribution in [0, 0.1) is 11.5 Å². The highest BCUT2D eigenvalue weighted by Gasteiger charge is 1.86. The van der Waals surface area contributed by atoms with Crippen LogP contribution in [0.2, 0.25) is 0 Å². The Balaban J connectivity index is 3.88. The molecule has 0 saturated heterocycles. The second-order valence-corrected chi connectivity index (χ2v) is 1.49. The van der Waals surface area contributed by atoms with Crippen LogP contribution < -0.4 is 16.8 Å². The van der Waals surface area contributed by atoms with Gasteiger partial charge in [-0.3, -0.25) is 5.32 Å². The molecule has 0 amide bonds. The van der Waals surface area contributed by atoms with Crippen LogP contribution in [0.5, 0.6) is 0 Å². The number of nitrogens with one attached hydrogen (secondary N) is 1. The zero-order chi connectivity index (χ0) is 7.28. The highest BCUT2D eigenvalue weighted by Crippen LogP contribution is 1.66. The number of guanidine groups is 1. The van der Waals surface area contributed by atoms with Crippen molar-refractivity contribution in [2.45, 2.75) is 0 Å². The fraction of sp³-hybridized carbons (Fsp3) is 0. The third-order valence-electron chi connectivity index (χ3n) is 0.415. The first-order valence-electron chi connectivity index (χ1n) is 1.95. The van der Waals surface area contributed by atoms with Gasteiger partial charge in [-0.2, -0.15) is 10.3 Å². The molecule has 0 aromatic rings. The van der Waals surface area contributed by atoms with E-state index in [0.717, 1.165) is 0 Å². The number of rotatable bonds is 0. The van der Waals surface area contributed by atoms with Gasteiger partial charge in [0.15, 0.2) is 11.3 Å². The van der Waals surface area contributed by atoms with E-state index in [0.29, 0.717) is 0 Å². The van der Waals surface area contributed by atoms with Crippen LogP contribution in [-0.2, 0) is 0 Å². The number of hydrogen-bond donors (Lipinski definition) is 3. The lowest BCUT2D eigenvalue weighted by molar-refractivity contribution is 1.23. The van der Waals surface area contributed by atoms with Crippen molar-refractivity contribution >= 4 is 23.3 Å². The molecule has 0 aliphatic heterocycles. The molecule has 0 aliphatic rings. The molecule has 0 unspecified atom stereocenters. The van der Waals surface area contributed by atoms with E-state index in [1.807, 2.05) is 5.32 Å². The summed E-state index contributed by atoms with van der Waals surface area (Å²) >= 11 is 4.35. The van der Waals surface area contributed by atoms with Gasteiger partial charge in [-0.25, -0.2) is 0 Å². The monoisotopic (exact) mass is 143 g/mol. The largest absolute Gasteiger partial charge is 0.374 e. The summed E-state index contributed by atoms with van der Waals surface area (Å²) in [5.41, 5.74) is 9.97. The lowest BCUT2D eigenvalue weighted by atomic mass is 10.9. The molecule has 0 fully saturated rings. The van der Waals surface area contributed by atoms with Crippen molar-refractivity contribution in [3.63, 3.8) is 0 Å². The Bertz CT molecular complexity index is 177. The summed E-state index contributed by atoms with van der Waals surface area (Å²) in [5, 5.41) is 9.88. The summed E-state index contributed by atoms with van der Waals surface area (Å²) in [4.78, 5) is 3.34. The minimum Gasteiger partial charge on any atom is -0.374 e. The fourth-order valence-electron chi connectivity index (χ4n) is 0.204. The van der Waals surface area contributed by atoms with Gasteiger partial charge in [0, 0.05) is 0 Å². The molecule has 5 N–H and O–H groups in total. The molecule has 48 valence electrons. The molecule has 5 nitrogen and oxygen atoms in total. The van der Waals surface area contributed by atoms with Crippen molar-refractivity contribution in [3.8, 4) is 6.19 Å². The zero-order valence-electron chi connectivity index (χ0n) is 4.46. The van der Waals surface area contributed by atoms with Gasteiger partial charge in [-0.15, -0.1) is 0 Å². The van der Waals surface area contributed by atoms with Crippen LogP contribution in [0.4, 0.5) is 0 Å². The van der Waals surface area contributed by atoms with E-state index >= 15 is 0 Å². The van der Waals surface area contributed by atoms with Crippen LogP contribution in [0.25, 0.3) is 0 Å². The summed E-state index contributed by atoms with van der Waals surface area (Å²) in [6.07, 6.45) is 1.55. The minimum absolute atomic E-state index is 0.0926. The van der Waals surface area contributed by atoms with Gasteiger partial charge in [0.2, 0.25) is 5.96 Å². The van der Waals surface area contributed by atoms with Crippen molar-refractivity contribution in [3.05, 3.63) is 0 Å². The molecular weight excluding hydrogens is 138 g/mol. The summed E-state index contributed by atoms with van der Waals surface area (Å²) < 4.78 is 0. The predicted octanol–water partition coefficient (Wildman–Crippen LogP) is -1.38. The Morgan fingerprint density at radius 2 is 2.22 bits per heavy atom. The molecule has 6 heteroatoms. The number of nitriles is 1. The predicted molar refractivity (Wildman–Crippen MR) is 37.2 cm³/mol.